The molecule has 0 aromatic heterocycles. The molecule has 0 spiro atoms. The highest BCUT2D eigenvalue weighted by Crippen LogP contribution is 2.25. The average molecular weight is 266 g/mol. The van der Waals surface area contributed by atoms with Gasteiger partial charge in [-0.3, -0.25) is 0 Å². The summed E-state index contributed by atoms with van der Waals surface area (Å²) in [5.74, 6) is -2.27. The molecule has 0 heterocycles. The van der Waals surface area contributed by atoms with Crippen LogP contribution >= 0.6 is 0 Å². The lowest BCUT2D eigenvalue weighted by Crippen LogP contribution is -2.43. The van der Waals surface area contributed by atoms with Gasteiger partial charge in [0, 0.05) is 13.1 Å². The molecule has 0 radical (unpaired) electrons. The molecular weight excluding hydrogens is 251 g/mol. The zero-order valence-electron chi connectivity index (χ0n) is 10.5. The lowest BCUT2D eigenvalue weighted by atomic mass is 9.92. The normalized spacial score (nSPS) is 14.6. The molecule has 0 unspecified atom stereocenters. The minimum Gasteiger partial charge on any atom is -0.478 e. The lowest BCUT2D eigenvalue weighted by molar-refractivity contribution is 0.0693. The van der Waals surface area contributed by atoms with E-state index in [2.05, 4.69) is 5.32 Å². The van der Waals surface area contributed by atoms with Crippen molar-refractivity contribution < 1.29 is 19.1 Å². The van der Waals surface area contributed by atoms with Gasteiger partial charge in [0.1, 0.15) is 11.4 Å². The molecule has 1 saturated carbocycles. The Morgan fingerprint density at radius 1 is 1.42 bits per heavy atom. The Balaban J connectivity index is 2.16. The number of halogens is 1. The van der Waals surface area contributed by atoms with E-state index in [1.807, 2.05) is 0 Å². The van der Waals surface area contributed by atoms with Crippen LogP contribution in [0.5, 0.6) is 0 Å². The van der Waals surface area contributed by atoms with Gasteiger partial charge in [-0.25, -0.2) is 14.0 Å². The summed E-state index contributed by atoms with van der Waals surface area (Å²) in [4.78, 5) is 24.5. The molecule has 5 nitrogen and oxygen atoms in total. The molecule has 2 amide bonds. The van der Waals surface area contributed by atoms with Gasteiger partial charge in [0.2, 0.25) is 0 Å². The highest BCUT2D eigenvalue weighted by Gasteiger charge is 2.26. The quantitative estimate of drug-likeness (QED) is 0.883. The smallest absolute Gasteiger partial charge is 0.340 e. The fraction of sp³-hybridized carbons (Fsp3) is 0.385. The number of carboxylic acids is 1. The first-order chi connectivity index (χ1) is 9.00. The number of aromatic carboxylic acids is 1. The number of carbonyl (C=O) groups is 2. The van der Waals surface area contributed by atoms with Crippen molar-refractivity contribution >= 4 is 17.7 Å². The summed E-state index contributed by atoms with van der Waals surface area (Å²) in [7, 11) is 1.65. The molecule has 2 N–H and O–H groups in total. The van der Waals surface area contributed by atoms with Crippen LogP contribution in [0.15, 0.2) is 18.2 Å². The molecule has 0 aliphatic heterocycles. The summed E-state index contributed by atoms with van der Waals surface area (Å²) < 4.78 is 13.4. The first-order valence-electron chi connectivity index (χ1n) is 6.06. The van der Waals surface area contributed by atoms with Crippen LogP contribution in [0.2, 0.25) is 0 Å². The zero-order valence-corrected chi connectivity index (χ0v) is 10.5. The molecular formula is C13H15FN2O3. The van der Waals surface area contributed by atoms with E-state index in [0.717, 1.165) is 25.3 Å². The number of carbonyl (C=O) groups excluding carboxylic acids is 1. The summed E-state index contributed by atoms with van der Waals surface area (Å²) in [5, 5.41) is 11.4. The predicted octanol–water partition coefficient (Wildman–Crippen LogP) is 2.54. The maximum atomic E-state index is 13.4. The van der Waals surface area contributed by atoms with Gasteiger partial charge in [0.25, 0.3) is 0 Å². The van der Waals surface area contributed by atoms with E-state index < -0.39 is 23.4 Å². The van der Waals surface area contributed by atoms with Crippen molar-refractivity contribution in [2.45, 2.75) is 25.3 Å². The summed E-state index contributed by atoms with van der Waals surface area (Å²) in [6, 6.07) is 3.55. The highest BCUT2D eigenvalue weighted by molar-refractivity contribution is 6.00. The third-order valence-corrected chi connectivity index (χ3v) is 3.41. The van der Waals surface area contributed by atoms with Crippen LogP contribution in [0, 0.1) is 5.82 Å². The largest absolute Gasteiger partial charge is 0.478 e. The number of benzene rings is 1. The monoisotopic (exact) mass is 266 g/mol. The van der Waals surface area contributed by atoms with Gasteiger partial charge in [-0.2, -0.15) is 0 Å². The van der Waals surface area contributed by atoms with Crippen LogP contribution in [0.3, 0.4) is 0 Å². The topological polar surface area (TPSA) is 69.6 Å². The van der Waals surface area contributed by atoms with Crippen LogP contribution in [0.1, 0.15) is 29.6 Å². The number of hydrogen-bond donors (Lipinski definition) is 2. The first-order valence-corrected chi connectivity index (χ1v) is 6.06. The molecule has 19 heavy (non-hydrogen) atoms. The number of hydrogen-bond acceptors (Lipinski definition) is 2. The van der Waals surface area contributed by atoms with E-state index in [0.29, 0.717) is 0 Å². The maximum absolute atomic E-state index is 13.4. The Kier molecular flexibility index (Phi) is 3.69. The van der Waals surface area contributed by atoms with Gasteiger partial charge in [-0.15, -0.1) is 0 Å². The summed E-state index contributed by atoms with van der Waals surface area (Å²) >= 11 is 0. The van der Waals surface area contributed by atoms with Crippen molar-refractivity contribution in [2.24, 2.45) is 0 Å². The van der Waals surface area contributed by atoms with Gasteiger partial charge in [-0.05, 0) is 31.4 Å². The van der Waals surface area contributed by atoms with Crippen molar-refractivity contribution in [3.05, 3.63) is 29.6 Å². The second-order valence-electron chi connectivity index (χ2n) is 4.59. The second kappa shape index (κ2) is 5.26. The Morgan fingerprint density at radius 3 is 2.63 bits per heavy atom. The fourth-order valence-electron chi connectivity index (χ4n) is 1.99. The van der Waals surface area contributed by atoms with Gasteiger partial charge in [0.15, 0.2) is 0 Å². The Hall–Kier alpha value is -2.11. The number of nitrogens with one attached hydrogen (secondary N) is 1. The third-order valence-electron chi connectivity index (χ3n) is 3.41. The van der Waals surface area contributed by atoms with Crippen molar-refractivity contribution in [1.29, 1.82) is 0 Å². The minimum absolute atomic E-state index is 0.0244. The van der Waals surface area contributed by atoms with Crippen molar-refractivity contribution in [2.75, 3.05) is 12.4 Å². The number of urea groups is 1. The predicted molar refractivity (Wildman–Crippen MR) is 67.8 cm³/mol. The molecule has 1 aromatic carbocycles. The van der Waals surface area contributed by atoms with Gasteiger partial charge < -0.3 is 15.3 Å². The number of anilines is 1. The van der Waals surface area contributed by atoms with E-state index in [1.54, 1.807) is 7.05 Å². The Morgan fingerprint density at radius 2 is 2.11 bits per heavy atom. The number of amides is 2. The van der Waals surface area contributed by atoms with Gasteiger partial charge in [-0.1, -0.05) is 6.07 Å². The lowest BCUT2D eigenvalue weighted by Gasteiger charge is -2.34. The van der Waals surface area contributed by atoms with Gasteiger partial charge >= 0.3 is 12.0 Å². The first kappa shape index (κ1) is 13.3. The van der Waals surface area contributed by atoms with Gasteiger partial charge in [0.05, 0.1) is 5.69 Å². The van der Waals surface area contributed by atoms with Crippen LogP contribution < -0.4 is 5.32 Å². The molecule has 0 saturated heterocycles. The van der Waals surface area contributed by atoms with E-state index in [1.165, 1.54) is 17.0 Å². The standard InChI is InChI=1S/C13H15FN2O3/c1-16(8-4-2-5-8)13(19)15-10-7-3-6-9(14)11(10)12(17)18/h3,6-8H,2,4-5H2,1H3,(H,15,19)(H,17,18). The molecule has 1 aromatic rings. The van der Waals surface area contributed by atoms with Crippen molar-refractivity contribution in [1.82, 2.24) is 4.90 Å². The molecule has 1 aliphatic carbocycles. The van der Waals surface area contributed by atoms with Crippen molar-refractivity contribution in [3.8, 4) is 0 Å². The third kappa shape index (κ3) is 2.67. The molecule has 102 valence electrons. The number of carboxylic acid groups (broad SMARTS) is 1. The van der Waals surface area contributed by atoms with Crippen LogP contribution in [-0.2, 0) is 0 Å². The summed E-state index contributed by atoms with van der Waals surface area (Å²) in [5.41, 5.74) is -0.540. The Labute approximate surface area is 110 Å². The number of rotatable bonds is 3. The van der Waals surface area contributed by atoms with Crippen LogP contribution in [-0.4, -0.2) is 35.1 Å². The van der Waals surface area contributed by atoms with Crippen molar-refractivity contribution in [3.63, 3.8) is 0 Å². The fourth-order valence-corrected chi connectivity index (χ4v) is 1.99. The SMILES string of the molecule is CN(C(=O)Nc1cccc(F)c1C(=O)O)C1CCC1. The molecule has 0 bridgehead atoms. The summed E-state index contributed by atoms with van der Waals surface area (Å²) in [6.07, 6.45) is 2.97. The molecule has 0 atom stereocenters. The second-order valence-corrected chi connectivity index (χ2v) is 4.59. The highest BCUT2D eigenvalue weighted by atomic mass is 19.1. The summed E-state index contributed by atoms with van der Waals surface area (Å²) in [6.45, 7) is 0. The van der Waals surface area contributed by atoms with E-state index in [-0.39, 0.29) is 11.7 Å². The Bertz CT molecular complexity index is 515. The number of nitrogens with zero attached hydrogens (tertiary/aromatic N) is 1. The van der Waals surface area contributed by atoms with Crippen LogP contribution in [0.4, 0.5) is 14.9 Å². The molecule has 1 aliphatic rings. The van der Waals surface area contributed by atoms with E-state index >= 15 is 0 Å². The molecule has 1 fully saturated rings. The minimum atomic E-state index is -1.40. The van der Waals surface area contributed by atoms with Crippen LogP contribution in [0.25, 0.3) is 0 Å². The average Bonchev–Trinajstić information content (AvgIpc) is 2.25. The zero-order chi connectivity index (χ0) is 14.0. The molecule has 2 rings (SSSR count). The van der Waals surface area contributed by atoms with E-state index in [9.17, 15) is 14.0 Å². The maximum Gasteiger partial charge on any atom is 0.340 e. The molecule has 6 heteroatoms. The van der Waals surface area contributed by atoms with E-state index in [4.69, 9.17) is 5.11 Å².